The van der Waals surface area contributed by atoms with Gasteiger partial charge in [0.05, 0.1) is 28.8 Å². The van der Waals surface area contributed by atoms with E-state index in [4.69, 9.17) is 16.3 Å². The van der Waals surface area contributed by atoms with Gasteiger partial charge < -0.3 is 15.2 Å². The summed E-state index contributed by atoms with van der Waals surface area (Å²) in [5.74, 6) is 0.0610. The lowest BCUT2D eigenvalue weighted by Gasteiger charge is -2.05. The number of phenols is 1. The second-order valence-electron chi connectivity index (χ2n) is 6.84. The number of phenolic OH excluding ortho intramolecular Hbond substituents is 1. The van der Waals surface area contributed by atoms with Crippen molar-refractivity contribution >= 4 is 45.6 Å². The van der Waals surface area contributed by atoms with E-state index in [1.165, 1.54) is 22.8 Å². The molecule has 2 aromatic carbocycles. The first-order valence-electron chi connectivity index (χ1n) is 8.96. The number of hydrogen-bond acceptors (Lipinski definition) is 6. The molecule has 3 heterocycles. The Balaban J connectivity index is 1.56. The number of fused-ring (bicyclic) bond motifs is 2. The summed E-state index contributed by atoms with van der Waals surface area (Å²) >= 11 is 7.29. The quantitative estimate of drug-likeness (QED) is 0.512. The third kappa shape index (κ3) is 3.01. The Labute approximate surface area is 178 Å². The largest absolute Gasteiger partial charge is 0.503 e. The van der Waals surface area contributed by atoms with Crippen LogP contribution in [0.4, 0.5) is 5.69 Å². The Morgan fingerprint density at radius 3 is 2.90 bits per heavy atom. The minimum Gasteiger partial charge on any atom is -0.503 e. The van der Waals surface area contributed by atoms with Gasteiger partial charge in [-0.25, -0.2) is 4.98 Å². The number of amides is 1. The van der Waals surface area contributed by atoms with E-state index in [0.717, 1.165) is 16.8 Å². The van der Waals surface area contributed by atoms with E-state index in [1.807, 2.05) is 18.2 Å². The van der Waals surface area contributed by atoms with Crippen molar-refractivity contribution in [1.82, 2.24) is 9.38 Å². The van der Waals surface area contributed by atoms with Crippen LogP contribution in [0, 0.1) is 0 Å². The number of ether oxygens (including phenoxy) is 1. The van der Waals surface area contributed by atoms with Crippen molar-refractivity contribution < 1.29 is 14.6 Å². The van der Waals surface area contributed by atoms with Crippen LogP contribution in [0.3, 0.4) is 0 Å². The Bertz CT molecular complexity index is 1460. The van der Waals surface area contributed by atoms with Gasteiger partial charge in [0.2, 0.25) is 5.91 Å². The summed E-state index contributed by atoms with van der Waals surface area (Å²) in [5, 5.41) is 12.8. The first-order chi connectivity index (χ1) is 14.4. The van der Waals surface area contributed by atoms with Gasteiger partial charge in [-0.1, -0.05) is 29.0 Å². The van der Waals surface area contributed by atoms with Crippen molar-refractivity contribution in [3.05, 3.63) is 67.6 Å². The number of imidazole rings is 1. The maximum Gasteiger partial charge on any atom is 0.274 e. The van der Waals surface area contributed by atoms with Crippen LogP contribution in [0.15, 0.2) is 41.3 Å². The van der Waals surface area contributed by atoms with Crippen LogP contribution in [0.5, 0.6) is 11.5 Å². The van der Waals surface area contributed by atoms with Crippen molar-refractivity contribution in [3.8, 4) is 22.8 Å². The summed E-state index contributed by atoms with van der Waals surface area (Å²) in [7, 11) is 1.43. The lowest BCUT2D eigenvalue weighted by molar-refractivity contribution is -0.115. The molecule has 1 amide bonds. The molecule has 5 rings (SSSR count). The van der Waals surface area contributed by atoms with Crippen LogP contribution in [-0.4, -0.2) is 27.5 Å². The number of nitrogens with one attached hydrogen (secondary N) is 1. The predicted molar refractivity (Wildman–Crippen MR) is 116 cm³/mol. The Hall–Kier alpha value is -3.36. The number of nitrogens with zero attached hydrogens (tertiary/aromatic N) is 2. The van der Waals surface area contributed by atoms with Gasteiger partial charge in [-0.05, 0) is 41.5 Å². The summed E-state index contributed by atoms with van der Waals surface area (Å²) in [6, 6.07) is 8.81. The molecule has 0 fully saturated rings. The molecule has 150 valence electrons. The number of carbonyl (C=O) groups is 1. The van der Waals surface area contributed by atoms with Gasteiger partial charge in [-0.3, -0.25) is 14.0 Å². The van der Waals surface area contributed by atoms with Crippen molar-refractivity contribution in [2.45, 2.75) is 6.42 Å². The number of carbonyl (C=O) groups excluding carboxylic acids is 1. The molecule has 30 heavy (non-hydrogen) atoms. The van der Waals surface area contributed by atoms with Crippen LogP contribution in [0.1, 0.15) is 11.1 Å². The number of rotatable bonds is 3. The highest BCUT2D eigenvalue weighted by Crippen LogP contribution is 2.35. The van der Waals surface area contributed by atoms with Crippen LogP contribution >= 0.6 is 22.9 Å². The van der Waals surface area contributed by atoms with Gasteiger partial charge in [-0.2, -0.15) is 0 Å². The Morgan fingerprint density at radius 2 is 2.13 bits per heavy atom. The van der Waals surface area contributed by atoms with E-state index in [9.17, 15) is 14.7 Å². The molecule has 0 spiro atoms. The first kappa shape index (κ1) is 18.7. The van der Waals surface area contributed by atoms with Gasteiger partial charge >= 0.3 is 0 Å². The van der Waals surface area contributed by atoms with Crippen LogP contribution in [-0.2, 0) is 11.2 Å². The molecule has 2 aromatic heterocycles. The molecular formula is C21H14ClN3O4S. The minimum absolute atomic E-state index is 0.0269. The number of aromatic hydroxyl groups is 1. The van der Waals surface area contributed by atoms with Gasteiger partial charge in [0.1, 0.15) is 0 Å². The molecule has 9 heteroatoms. The van der Waals surface area contributed by atoms with Crippen molar-refractivity contribution in [2.75, 3.05) is 12.4 Å². The third-order valence-electron chi connectivity index (χ3n) is 4.90. The predicted octanol–water partition coefficient (Wildman–Crippen LogP) is 2.83. The second-order valence-corrected chi connectivity index (χ2v) is 8.26. The Kier molecular flexibility index (Phi) is 4.27. The van der Waals surface area contributed by atoms with Crippen molar-refractivity contribution in [3.63, 3.8) is 0 Å². The maximum absolute atomic E-state index is 12.8. The van der Waals surface area contributed by atoms with Gasteiger partial charge in [0.15, 0.2) is 16.5 Å². The van der Waals surface area contributed by atoms with Gasteiger partial charge in [-0.15, -0.1) is 0 Å². The smallest absolute Gasteiger partial charge is 0.274 e. The van der Waals surface area contributed by atoms with E-state index in [2.05, 4.69) is 10.3 Å². The summed E-state index contributed by atoms with van der Waals surface area (Å²) in [5.41, 5.74) is 3.68. The van der Waals surface area contributed by atoms with E-state index >= 15 is 0 Å². The molecule has 4 aromatic rings. The highest BCUT2D eigenvalue weighted by molar-refractivity contribution is 7.15. The average molecular weight is 440 g/mol. The Morgan fingerprint density at radius 1 is 1.30 bits per heavy atom. The number of aromatic nitrogens is 2. The zero-order chi connectivity index (χ0) is 21.0. The highest BCUT2D eigenvalue weighted by atomic mass is 35.5. The van der Waals surface area contributed by atoms with Gasteiger partial charge in [0, 0.05) is 17.4 Å². The number of benzene rings is 2. The maximum atomic E-state index is 12.8. The minimum atomic E-state index is -0.199. The third-order valence-corrected chi connectivity index (χ3v) is 6.17. The standard InChI is InChI=1S/C21H14ClN3O4S/c1-29-16-5-10(4-13(22)19(16)27)6-17-20(28)25-9-15(24-21(25)30-17)11-2-3-14-12(7-11)8-18(26)23-14/h2-7,9,27H,8H2,1H3,(H,23,26)/b17-6-. The fourth-order valence-electron chi connectivity index (χ4n) is 3.44. The molecule has 0 aliphatic carbocycles. The number of thiazole rings is 1. The zero-order valence-corrected chi connectivity index (χ0v) is 17.2. The first-order valence-corrected chi connectivity index (χ1v) is 10.2. The lowest BCUT2D eigenvalue weighted by atomic mass is 10.1. The van der Waals surface area contributed by atoms with E-state index in [0.29, 0.717) is 27.2 Å². The summed E-state index contributed by atoms with van der Waals surface area (Å²) in [6.07, 6.45) is 3.72. The van der Waals surface area contributed by atoms with E-state index < -0.39 is 0 Å². The van der Waals surface area contributed by atoms with Crippen LogP contribution in [0.25, 0.3) is 22.3 Å². The van der Waals surface area contributed by atoms with Crippen LogP contribution in [0.2, 0.25) is 5.02 Å². The summed E-state index contributed by atoms with van der Waals surface area (Å²) < 4.78 is 7.09. The fraction of sp³-hybridized carbons (Fsp3) is 0.0952. The average Bonchev–Trinajstić information content (AvgIpc) is 3.38. The normalized spacial score (nSPS) is 13.7. The van der Waals surface area contributed by atoms with Crippen molar-refractivity contribution in [2.24, 2.45) is 0 Å². The monoisotopic (exact) mass is 439 g/mol. The van der Waals surface area contributed by atoms with E-state index in [1.54, 1.807) is 24.4 Å². The molecule has 1 aliphatic rings. The number of halogens is 1. The highest BCUT2D eigenvalue weighted by Gasteiger charge is 2.19. The molecular weight excluding hydrogens is 426 g/mol. The number of anilines is 1. The zero-order valence-electron chi connectivity index (χ0n) is 15.6. The van der Waals surface area contributed by atoms with Crippen LogP contribution < -0.4 is 20.1 Å². The summed E-state index contributed by atoms with van der Waals surface area (Å²) in [4.78, 5) is 29.5. The second kappa shape index (κ2) is 6.86. The molecule has 0 atom stereocenters. The topological polar surface area (TPSA) is 92.9 Å². The molecule has 2 N–H and O–H groups in total. The molecule has 1 aliphatic heterocycles. The lowest BCUT2D eigenvalue weighted by Crippen LogP contribution is -2.22. The molecule has 0 unspecified atom stereocenters. The van der Waals surface area contributed by atoms with E-state index in [-0.39, 0.29) is 28.0 Å². The molecule has 0 bridgehead atoms. The molecule has 0 saturated carbocycles. The fourth-order valence-corrected chi connectivity index (χ4v) is 4.62. The number of hydrogen-bond donors (Lipinski definition) is 2. The molecule has 0 saturated heterocycles. The number of methoxy groups -OCH3 is 1. The SMILES string of the molecule is COc1cc(/C=c2\sc3nc(-c4ccc5c(c4)CC(=O)N5)cn3c2=O)cc(Cl)c1O. The molecule has 7 nitrogen and oxygen atoms in total. The van der Waals surface area contributed by atoms with Crippen molar-refractivity contribution in [1.29, 1.82) is 0 Å². The molecule has 0 radical (unpaired) electrons. The summed E-state index contributed by atoms with van der Waals surface area (Å²) in [6.45, 7) is 0. The van der Waals surface area contributed by atoms with Gasteiger partial charge in [0.25, 0.3) is 5.56 Å².